The summed E-state index contributed by atoms with van der Waals surface area (Å²) in [5.74, 6) is 1.46. The summed E-state index contributed by atoms with van der Waals surface area (Å²) in [4.78, 5) is 2.21. The van der Waals surface area contributed by atoms with E-state index >= 15 is 0 Å². The van der Waals surface area contributed by atoms with Gasteiger partial charge in [-0.3, -0.25) is 4.57 Å². The van der Waals surface area contributed by atoms with Crippen molar-refractivity contribution in [1.29, 1.82) is 0 Å². The summed E-state index contributed by atoms with van der Waals surface area (Å²) >= 11 is 1.54. The van der Waals surface area contributed by atoms with Gasteiger partial charge in [-0.15, -0.1) is 10.2 Å². The summed E-state index contributed by atoms with van der Waals surface area (Å²) in [5, 5.41) is 19.8. The van der Waals surface area contributed by atoms with Gasteiger partial charge in [-0.25, -0.2) is 0 Å². The van der Waals surface area contributed by atoms with Gasteiger partial charge >= 0.3 is 0 Å². The maximum atomic E-state index is 10.3. The molecule has 1 atom stereocenters. The van der Waals surface area contributed by atoms with Crippen molar-refractivity contribution >= 4 is 17.7 Å². The molecule has 0 radical (unpaired) electrons. The molecule has 3 rings (SSSR count). The Balaban J connectivity index is 1.67. The number of aliphatic hydroxyl groups is 1. The summed E-state index contributed by atoms with van der Waals surface area (Å²) in [6, 6.07) is 9.71. The molecule has 0 bridgehead atoms. The minimum absolute atomic E-state index is 0.505. The number of hydrogen-bond acceptors (Lipinski definition) is 6. The van der Waals surface area contributed by atoms with Crippen molar-refractivity contribution in [3.8, 4) is 0 Å². The molecule has 124 valence electrons. The molecule has 0 spiro atoms. The molecule has 6 nitrogen and oxygen atoms in total. The number of nitrogens with zero attached hydrogens (tertiary/aromatic N) is 4. The molecule has 1 fully saturated rings. The first kappa shape index (κ1) is 16.3. The van der Waals surface area contributed by atoms with E-state index in [0.29, 0.717) is 5.75 Å². The molecule has 23 heavy (non-hydrogen) atoms. The van der Waals surface area contributed by atoms with Crippen LogP contribution < -0.4 is 4.90 Å². The zero-order chi connectivity index (χ0) is 16.1. The number of thioether (sulfide) groups is 1. The van der Waals surface area contributed by atoms with Gasteiger partial charge < -0.3 is 14.7 Å². The topological polar surface area (TPSA) is 63.4 Å². The Hall–Kier alpha value is -1.57. The largest absolute Gasteiger partial charge is 0.388 e. The number of aromatic nitrogens is 3. The van der Waals surface area contributed by atoms with E-state index in [2.05, 4.69) is 26.6 Å². The second kappa shape index (κ2) is 7.81. The number of anilines is 1. The third-order valence-corrected chi connectivity index (χ3v) is 4.90. The smallest absolute Gasteiger partial charge is 0.228 e. The fourth-order valence-electron chi connectivity index (χ4n) is 2.59. The summed E-state index contributed by atoms with van der Waals surface area (Å²) in [6.07, 6.45) is -0.505. The number of rotatable bonds is 6. The van der Waals surface area contributed by atoms with E-state index in [-0.39, 0.29) is 0 Å². The molecular weight excluding hydrogens is 312 g/mol. The summed E-state index contributed by atoms with van der Waals surface area (Å²) in [7, 11) is 0. The maximum absolute atomic E-state index is 10.3. The van der Waals surface area contributed by atoms with E-state index in [4.69, 9.17) is 4.74 Å². The van der Waals surface area contributed by atoms with Crippen LogP contribution in [0.4, 0.5) is 5.95 Å². The van der Waals surface area contributed by atoms with Gasteiger partial charge in [0.1, 0.15) is 0 Å². The number of hydrogen-bond donors (Lipinski definition) is 1. The number of morpholine rings is 1. The average molecular weight is 334 g/mol. The molecule has 7 heteroatoms. The first-order chi connectivity index (χ1) is 11.3. The van der Waals surface area contributed by atoms with Crippen LogP contribution in [0, 0.1) is 0 Å². The molecule has 1 aliphatic heterocycles. The Kier molecular flexibility index (Phi) is 5.53. The van der Waals surface area contributed by atoms with Gasteiger partial charge in [0, 0.05) is 25.4 Å². The number of ether oxygens (including phenoxy) is 1. The Bertz CT molecular complexity index is 614. The third kappa shape index (κ3) is 3.85. The van der Waals surface area contributed by atoms with E-state index < -0.39 is 6.10 Å². The van der Waals surface area contributed by atoms with Crippen LogP contribution in [0.15, 0.2) is 35.5 Å². The van der Waals surface area contributed by atoms with Crippen LogP contribution in [-0.2, 0) is 11.3 Å². The Morgan fingerprint density at radius 1 is 1.22 bits per heavy atom. The van der Waals surface area contributed by atoms with Crippen LogP contribution in [0.2, 0.25) is 0 Å². The van der Waals surface area contributed by atoms with Gasteiger partial charge in [0.05, 0.1) is 19.3 Å². The van der Waals surface area contributed by atoms with Crippen molar-refractivity contribution in [1.82, 2.24) is 14.8 Å². The highest BCUT2D eigenvalue weighted by atomic mass is 32.2. The maximum Gasteiger partial charge on any atom is 0.228 e. The summed E-state index contributed by atoms with van der Waals surface area (Å²) in [5.41, 5.74) is 0.927. The van der Waals surface area contributed by atoms with E-state index in [9.17, 15) is 5.11 Å². The Morgan fingerprint density at radius 2 is 1.96 bits per heavy atom. The van der Waals surface area contributed by atoms with Gasteiger partial charge in [-0.1, -0.05) is 42.1 Å². The molecule has 0 unspecified atom stereocenters. The predicted octanol–water partition coefficient (Wildman–Crippen LogP) is 1.96. The van der Waals surface area contributed by atoms with Crippen LogP contribution in [0.25, 0.3) is 0 Å². The van der Waals surface area contributed by atoms with Crippen molar-refractivity contribution in [2.24, 2.45) is 0 Å². The lowest BCUT2D eigenvalue weighted by molar-refractivity contribution is 0.121. The van der Waals surface area contributed by atoms with Gasteiger partial charge in [0.15, 0.2) is 5.16 Å². The SMILES string of the molecule is CCn1c(SC[C@H](O)c2ccccc2)nnc1N1CCOCC1. The van der Waals surface area contributed by atoms with E-state index in [1.54, 1.807) is 11.8 Å². The molecule has 0 saturated carbocycles. The van der Waals surface area contributed by atoms with E-state index in [1.807, 2.05) is 30.3 Å². The predicted molar refractivity (Wildman–Crippen MR) is 90.9 cm³/mol. The number of aliphatic hydroxyl groups excluding tert-OH is 1. The van der Waals surface area contributed by atoms with Crippen molar-refractivity contribution in [2.75, 3.05) is 37.0 Å². The second-order valence-electron chi connectivity index (χ2n) is 5.36. The molecule has 1 N–H and O–H groups in total. The second-order valence-corrected chi connectivity index (χ2v) is 6.35. The fraction of sp³-hybridized carbons (Fsp3) is 0.500. The molecule has 1 aromatic heterocycles. The molecular formula is C16H22N4O2S. The zero-order valence-corrected chi connectivity index (χ0v) is 14.1. The summed E-state index contributed by atoms with van der Waals surface area (Å²) < 4.78 is 7.50. The highest BCUT2D eigenvalue weighted by Gasteiger charge is 2.20. The van der Waals surface area contributed by atoms with Gasteiger partial charge in [-0.2, -0.15) is 0 Å². The van der Waals surface area contributed by atoms with E-state index in [1.165, 1.54) is 0 Å². The molecule has 2 heterocycles. The molecule has 1 aromatic carbocycles. The van der Waals surface area contributed by atoms with Crippen LogP contribution in [0.5, 0.6) is 0 Å². The monoisotopic (exact) mass is 334 g/mol. The van der Waals surface area contributed by atoms with Crippen molar-refractivity contribution < 1.29 is 9.84 Å². The average Bonchev–Trinajstić information content (AvgIpc) is 3.04. The van der Waals surface area contributed by atoms with Crippen LogP contribution in [0.1, 0.15) is 18.6 Å². The molecule has 0 aliphatic carbocycles. The van der Waals surface area contributed by atoms with Crippen molar-refractivity contribution in [3.05, 3.63) is 35.9 Å². The standard InChI is InChI=1S/C16H22N4O2S/c1-2-20-15(19-8-10-22-11-9-19)17-18-16(20)23-12-14(21)13-6-4-3-5-7-13/h3-7,14,21H,2,8-12H2,1H3/t14-/m0/s1. The minimum atomic E-state index is -0.505. The Labute approximate surface area is 140 Å². The lowest BCUT2D eigenvalue weighted by Crippen LogP contribution is -2.38. The van der Waals surface area contributed by atoms with Crippen LogP contribution >= 0.6 is 11.8 Å². The molecule has 2 aromatic rings. The Morgan fingerprint density at radius 3 is 2.65 bits per heavy atom. The third-order valence-electron chi connectivity index (χ3n) is 3.86. The molecule has 0 amide bonds. The van der Waals surface area contributed by atoms with Crippen molar-refractivity contribution in [3.63, 3.8) is 0 Å². The van der Waals surface area contributed by atoms with Gasteiger partial charge in [-0.05, 0) is 12.5 Å². The first-order valence-electron chi connectivity index (χ1n) is 7.91. The number of benzene rings is 1. The van der Waals surface area contributed by atoms with Gasteiger partial charge in [0.25, 0.3) is 0 Å². The molecule has 1 aliphatic rings. The van der Waals surface area contributed by atoms with E-state index in [0.717, 1.165) is 49.5 Å². The molecule has 1 saturated heterocycles. The lowest BCUT2D eigenvalue weighted by Gasteiger charge is -2.27. The van der Waals surface area contributed by atoms with Gasteiger partial charge in [0.2, 0.25) is 5.95 Å². The zero-order valence-electron chi connectivity index (χ0n) is 13.3. The quantitative estimate of drug-likeness (QED) is 0.815. The highest BCUT2D eigenvalue weighted by molar-refractivity contribution is 7.99. The van der Waals surface area contributed by atoms with Crippen LogP contribution in [0.3, 0.4) is 0 Å². The normalized spacial score (nSPS) is 16.5. The summed E-state index contributed by atoms with van der Waals surface area (Å²) in [6.45, 7) is 6.04. The van der Waals surface area contributed by atoms with Crippen molar-refractivity contribution in [2.45, 2.75) is 24.7 Å². The fourth-order valence-corrected chi connectivity index (χ4v) is 3.55. The van der Waals surface area contributed by atoms with Crippen LogP contribution in [-0.4, -0.2) is 51.9 Å². The minimum Gasteiger partial charge on any atom is -0.388 e. The highest BCUT2D eigenvalue weighted by Crippen LogP contribution is 2.26. The first-order valence-corrected chi connectivity index (χ1v) is 8.90. The lowest BCUT2D eigenvalue weighted by atomic mass is 10.1.